The quantitative estimate of drug-likeness (QED) is 0.668. The summed E-state index contributed by atoms with van der Waals surface area (Å²) in [7, 11) is 3.93. The smallest absolute Gasteiger partial charge is 0.134 e. The van der Waals surface area contributed by atoms with Crippen LogP contribution in [0.1, 0.15) is 10.4 Å². The van der Waals surface area contributed by atoms with Gasteiger partial charge in [0.25, 0.3) is 0 Å². The first-order valence-corrected chi connectivity index (χ1v) is 4.54. The molecule has 0 aliphatic rings. The topological polar surface area (TPSA) is 3.24 Å². The van der Waals surface area contributed by atoms with E-state index >= 15 is 0 Å². The van der Waals surface area contributed by atoms with Crippen molar-refractivity contribution in [3.63, 3.8) is 0 Å². The molecule has 0 radical (unpaired) electrons. The molecular weight excluding hydrogens is 193 g/mol. The third-order valence-electron chi connectivity index (χ3n) is 1.65. The predicted molar refractivity (Wildman–Crippen MR) is 55.2 cm³/mol. The largest absolute Gasteiger partial charge is 0.377 e. The molecule has 0 fully saturated rings. The van der Waals surface area contributed by atoms with Crippen molar-refractivity contribution >= 4 is 28.9 Å². The highest BCUT2D eigenvalue weighted by atomic mass is 35.5. The highest BCUT2D eigenvalue weighted by molar-refractivity contribution is 6.44. The fraction of sp³-hybridized carbons (Fsp3) is 0.333. The second kappa shape index (κ2) is 4.01. The summed E-state index contributed by atoms with van der Waals surface area (Å²) in [5.41, 5.74) is 2.01. The maximum atomic E-state index is 5.79. The van der Waals surface area contributed by atoms with Gasteiger partial charge < -0.3 is 4.90 Å². The number of para-hydroxylation sites is 1. The lowest BCUT2D eigenvalue weighted by molar-refractivity contribution is 1.10. The molecule has 3 heteroatoms. The van der Waals surface area contributed by atoms with Crippen molar-refractivity contribution in [3.8, 4) is 0 Å². The SMILES string of the molecule is CN(C)c1ccccc1C(Cl)Cl. The summed E-state index contributed by atoms with van der Waals surface area (Å²) in [5.74, 6) is 0. The van der Waals surface area contributed by atoms with Crippen LogP contribution < -0.4 is 4.90 Å². The van der Waals surface area contributed by atoms with Gasteiger partial charge in [-0.3, -0.25) is 0 Å². The van der Waals surface area contributed by atoms with E-state index in [1.165, 1.54) is 0 Å². The van der Waals surface area contributed by atoms with E-state index in [4.69, 9.17) is 23.2 Å². The van der Waals surface area contributed by atoms with Crippen LogP contribution >= 0.6 is 23.2 Å². The molecule has 0 amide bonds. The number of benzene rings is 1. The molecule has 0 bridgehead atoms. The van der Waals surface area contributed by atoms with E-state index in [-0.39, 0.29) is 0 Å². The zero-order valence-electron chi connectivity index (χ0n) is 7.09. The molecule has 0 saturated heterocycles. The Morgan fingerprint density at radius 2 is 1.75 bits per heavy atom. The van der Waals surface area contributed by atoms with Crippen LogP contribution in [0.15, 0.2) is 24.3 Å². The first-order valence-electron chi connectivity index (χ1n) is 3.67. The van der Waals surface area contributed by atoms with Gasteiger partial charge >= 0.3 is 0 Å². The van der Waals surface area contributed by atoms with E-state index in [2.05, 4.69) is 0 Å². The van der Waals surface area contributed by atoms with E-state index in [0.717, 1.165) is 11.3 Å². The number of alkyl halides is 2. The fourth-order valence-electron chi connectivity index (χ4n) is 1.08. The van der Waals surface area contributed by atoms with Crippen LogP contribution in [-0.4, -0.2) is 14.1 Å². The van der Waals surface area contributed by atoms with Crippen molar-refractivity contribution in [2.75, 3.05) is 19.0 Å². The van der Waals surface area contributed by atoms with E-state index < -0.39 is 4.84 Å². The summed E-state index contributed by atoms with van der Waals surface area (Å²) in [5, 5.41) is 0. The fourth-order valence-corrected chi connectivity index (χ4v) is 1.45. The molecule has 0 N–H and O–H groups in total. The molecule has 0 aliphatic carbocycles. The first-order chi connectivity index (χ1) is 5.63. The van der Waals surface area contributed by atoms with Gasteiger partial charge in [0.05, 0.1) is 0 Å². The lowest BCUT2D eigenvalue weighted by atomic mass is 10.2. The number of hydrogen-bond donors (Lipinski definition) is 0. The Hall–Kier alpha value is -0.400. The minimum atomic E-state index is -0.455. The van der Waals surface area contributed by atoms with E-state index in [9.17, 15) is 0 Å². The van der Waals surface area contributed by atoms with Crippen LogP contribution in [0.4, 0.5) is 5.69 Å². The van der Waals surface area contributed by atoms with Crippen LogP contribution in [0.25, 0.3) is 0 Å². The Balaban J connectivity index is 3.09. The molecular formula is C9H11Cl2N. The number of anilines is 1. The first kappa shape index (κ1) is 9.69. The molecule has 0 aliphatic heterocycles. The Bertz CT molecular complexity index is 231. The van der Waals surface area contributed by atoms with Crippen molar-refractivity contribution in [1.82, 2.24) is 0 Å². The summed E-state index contributed by atoms with van der Waals surface area (Å²) in [6, 6.07) is 7.82. The van der Waals surface area contributed by atoms with Crippen molar-refractivity contribution < 1.29 is 0 Å². The average molecular weight is 204 g/mol. The summed E-state index contributed by atoms with van der Waals surface area (Å²) < 4.78 is 0. The minimum absolute atomic E-state index is 0.455. The lowest BCUT2D eigenvalue weighted by Crippen LogP contribution is -2.10. The summed E-state index contributed by atoms with van der Waals surface area (Å²) >= 11 is 11.6. The van der Waals surface area contributed by atoms with Gasteiger partial charge in [-0.05, 0) is 6.07 Å². The number of rotatable bonds is 2. The molecule has 66 valence electrons. The Labute approximate surface area is 82.9 Å². The minimum Gasteiger partial charge on any atom is -0.377 e. The Morgan fingerprint density at radius 1 is 1.17 bits per heavy atom. The van der Waals surface area contributed by atoms with Crippen LogP contribution in [-0.2, 0) is 0 Å². The van der Waals surface area contributed by atoms with E-state index in [1.807, 2.05) is 43.3 Å². The molecule has 1 nitrogen and oxygen atoms in total. The standard InChI is InChI=1S/C9H11Cl2N/c1-12(2)8-6-4-3-5-7(8)9(10)11/h3-6,9H,1-2H3. The van der Waals surface area contributed by atoms with E-state index in [1.54, 1.807) is 0 Å². The van der Waals surface area contributed by atoms with Gasteiger partial charge in [0.15, 0.2) is 0 Å². The van der Waals surface area contributed by atoms with Gasteiger partial charge in [0.2, 0.25) is 0 Å². The molecule has 1 aromatic carbocycles. The van der Waals surface area contributed by atoms with Gasteiger partial charge in [-0.2, -0.15) is 0 Å². The maximum absolute atomic E-state index is 5.79. The van der Waals surface area contributed by atoms with Crippen molar-refractivity contribution in [2.45, 2.75) is 4.84 Å². The normalized spacial score (nSPS) is 10.4. The van der Waals surface area contributed by atoms with Crippen molar-refractivity contribution in [1.29, 1.82) is 0 Å². The number of nitrogens with zero attached hydrogens (tertiary/aromatic N) is 1. The highest BCUT2D eigenvalue weighted by Crippen LogP contribution is 2.31. The molecule has 0 aromatic heterocycles. The van der Waals surface area contributed by atoms with Crippen LogP contribution in [0.3, 0.4) is 0 Å². The van der Waals surface area contributed by atoms with Gasteiger partial charge in [0, 0.05) is 25.3 Å². The summed E-state index contributed by atoms with van der Waals surface area (Å²) in [6.45, 7) is 0. The van der Waals surface area contributed by atoms with Crippen molar-refractivity contribution in [3.05, 3.63) is 29.8 Å². The number of halogens is 2. The second-order valence-electron chi connectivity index (χ2n) is 2.75. The van der Waals surface area contributed by atoms with Crippen molar-refractivity contribution in [2.24, 2.45) is 0 Å². The highest BCUT2D eigenvalue weighted by Gasteiger charge is 2.09. The number of hydrogen-bond acceptors (Lipinski definition) is 1. The molecule has 1 rings (SSSR count). The third kappa shape index (κ3) is 2.05. The monoisotopic (exact) mass is 203 g/mol. The third-order valence-corrected chi connectivity index (χ3v) is 2.12. The molecule has 12 heavy (non-hydrogen) atoms. The molecule has 0 unspecified atom stereocenters. The zero-order chi connectivity index (χ0) is 9.14. The summed E-state index contributed by atoms with van der Waals surface area (Å²) in [4.78, 5) is 1.54. The maximum Gasteiger partial charge on any atom is 0.134 e. The van der Waals surface area contributed by atoms with Gasteiger partial charge in [0.1, 0.15) is 4.84 Å². The van der Waals surface area contributed by atoms with E-state index in [0.29, 0.717) is 0 Å². The van der Waals surface area contributed by atoms with Crippen LogP contribution in [0, 0.1) is 0 Å². The van der Waals surface area contributed by atoms with Crippen LogP contribution in [0.2, 0.25) is 0 Å². The molecule has 0 spiro atoms. The Kier molecular flexibility index (Phi) is 3.24. The predicted octanol–water partition coefficient (Wildman–Crippen LogP) is 3.23. The average Bonchev–Trinajstić information content (AvgIpc) is 2.04. The molecule has 0 heterocycles. The zero-order valence-corrected chi connectivity index (χ0v) is 8.60. The van der Waals surface area contributed by atoms with Gasteiger partial charge in [-0.15, -0.1) is 0 Å². The van der Waals surface area contributed by atoms with Crippen LogP contribution in [0.5, 0.6) is 0 Å². The summed E-state index contributed by atoms with van der Waals surface area (Å²) in [6.07, 6.45) is 0. The molecule has 0 atom stereocenters. The van der Waals surface area contributed by atoms with Gasteiger partial charge in [-0.1, -0.05) is 41.4 Å². The molecule has 0 saturated carbocycles. The lowest BCUT2D eigenvalue weighted by Gasteiger charge is -2.17. The second-order valence-corrected chi connectivity index (χ2v) is 3.85. The molecule has 1 aromatic rings. The van der Waals surface area contributed by atoms with Gasteiger partial charge in [-0.25, -0.2) is 0 Å². The Morgan fingerprint density at radius 3 is 2.17 bits per heavy atom.